The Morgan fingerprint density at radius 2 is 0.878 bits per heavy atom. The fourth-order valence-electron chi connectivity index (χ4n) is 8.24. The number of hydrogen-bond donors (Lipinski definition) is 0. The van der Waals surface area contributed by atoms with Crippen molar-refractivity contribution in [2.45, 2.75) is 51.4 Å². The van der Waals surface area contributed by atoms with Gasteiger partial charge in [-0.15, -0.1) is 0 Å². The molecular weight excluding hydrogens is 593 g/mol. The maximum absolute atomic E-state index is 2.54. The maximum Gasteiger partial charge on any atom is 0.244 e. The molecule has 0 atom stereocenters. The van der Waals surface area contributed by atoms with Gasteiger partial charge in [-0.2, -0.15) is 0 Å². The van der Waals surface area contributed by atoms with Crippen LogP contribution >= 0.6 is 0 Å². The lowest BCUT2D eigenvalue weighted by molar-refractivity contribution is -0.424. The van der Waals surface area contributed by atoms with Crippen molar-refractivity contribution >= 4 is 17.7 Å². The topological polar surface area (TPSA) is 6.25 Å². The minimum absolute atomic E-state index is 1.00. The van der Waals surface area contributed by atoms with Gasteiger partial charge in [0.2, 0.25) is 6.34 Å². The molecule has 6 aromatic rings. The lowest BCUT2D eigenvalue weighted by Crippen LogP contribution is -2.20. The van der Waals surface area contributed by atoms with E-state index in [1.54, 1.807) is 0 Å². The van der Waals surface area contributed by atoms with Gasteiger partial charge in [0.25, 0.3) is 0 Å². The second-order valence-corrected chi connectivity index (χ2v) is 14.1. The van der Waals surface area contributed by atoms with Gasteiger partial charge in [-0.3, -0.25) is 0 Å². The van der Waals surface area contributed by atoms with E-state index in [0.29, 0.717) is 0 Å². The third kappa shape index (κ3) is 6.13. The summed E-state index contributed by atoms with van der Waals surface area (Å²) in [5.74, 6) is 0. The highest BCUT2D eigenvalue weighted by molar-refractivity contribution is 5.80. The third-order valence-electron chi connectivity index (χ3n) is 11.0. The zero-order valence-electron chi connectivity index (χ0n) is 28.2. The van der Waals surface area contributed by atoms with Crippen LogP contribution in [-0.2, 0) is 51.4 Å². The molecule has 0 N–H and O–H groups in total. The normalized spacial score (nSPS) is 15.4. The second-order valence-electron chi connectivity index (χ2n) is 14.1. The molecule has 2 nitrogen and oxygen atoms in total. The van der Waals surface area contributed by atoms with E-state index in [1.165, 1.54) is 78.1 Å². The van der Waals surface area contributed by atoms with Gasteiger partial charge in [0, 0.05) is 0 Å². The molecule has 0 saturated heterocycles. The molecule has 0 radical (unpaired) electrons. The van der Waals surface area contributed by atoms with Crippen molar-refractivity contribution in [3.63, 3.8) is 0 Å². The zero-order chi connectivity index (χ0) is 32.6. The predicted molar refractivity (Wildman–Crippen MR) is 204 cm³/mol. The summed E-state index contributed by atoms with van der Waals surface area (Å²) >= 11 is 0. The largest absolute Gasteiger partial charge is 0.244 e. The van der Waals surface area contributed by atoms with Crippen molar-refractivity contribution in [2.75, 3.05) is 18.0 Å². The molecule has 0 spiro atoms. The molecule has 240 valence electrons. The number of aryl methyl sites for hydroxylation is 8. The SMILES string of the molecule is C1=[N+](c2cc3ccc2CCc2ccc(cc2-c2ccccc2)CC3)CCN1c1cc2ccc1CCc1ccc(cc1-c1ccccc1)CC2. The van der Waals surface area contributed by atoms with Gasteiger partial charge in [-0.05, 0) is 130 Å². The van der Waals surface area contributed by atoms with Gasteiger partial charge in [0.1, 0.15) is 24.5 Å². The summed E-state index contributed by atoms with van der Waals surface area (Å²) in [6.45, 7) is 2.00. The Balaban J connectivity index is 1.03. The average molecular weight is 636 g/mol. The van der Waals surface area contributed by atoms with Crippen molar-refractivity contribution in [1.82, 2.24) is 0 Å². The molecule has 0 amide bonds. The number of benzene rings is 6. The lowest BCUT2D eigenvalue weighted by Gasteiger charge is -2.18. The zero-order valence-corrected chi connectivity index (χ0v) is 28.2. The van der Waals surface area contributed by atoms with Crippen molar-refractivity contribution < 1.29 is 4.58 Å². The number of hydrogen-bond acceptors (Lipinski definition) is 1. The Hall–Kier alpha value is -5.21. The Morgan fingerprint density at radius 3 is 1.47 bits per heavy atom. The molecule has 0 saturated carbocycles. The molecule has 0 aromatic heterocycles. The molecule has 1 heterocycles. The highest BCUT2D eigenvalue weighted by Gasteiger charge is 2.27. The van der Waals surface area contributed by atoms with Crippen LogP contribution in [0.15, 0.2) is 133 Å². The lowest BCUT2D eigenvalue weighted by atomic mass is 9.90. The first-order valence-electron chi connectivity index (χ1n) is 18.2. The van der Waals surface area contributed by atoms with Gasteiger partial charge in [-0.1, -0.05) is 121 Å². The van der Waals surface area contributed by atoms with E-state index in [1.807, 2.05) is 0 Å². The Bertz CT molecular complexity index is 2180. The van der Waals surface area contributed by atoms with Crippen LogP contribution in [0.1, 0.15) is 44.5 Å². The quantitative estimate of drug-likeness (QED) is 0.175. The van der Waals surface area contributed by atoms with Crippen molar-refractivity contribution in [1.29, 1.82) is 0 Å². The van der Waals surface area contributed by atoms with E-state index in [-0.39, 0.29) is 0 Å². The Kier molecular flexibility index (Phi) is 7.94. The van der Waals surface area contributed by atoms with Crippen molar-refractivity contribution in [2.24, 2.45) is 0 Å². The molecule has 49 heavy (non-hydrogen) atoms. The summed E-state index contributed by atoms with van der Waals surface area (Å²) in [7, 11) is 0. The van der Waals surface area contributed by atoms with Crippen LogP contribution in [0.3, 0.4) is 0 Å². The van der Waals surface area contributed by atoms with Crippen LogP contribution in [0, 0.1) is 0 Å². The summed E-state index contributed by atoms with van der Waals surface area (Å²) in [5.41, 5.74) is 19.7. The number of nitrogens with zero attached hydrogens (tertiary/aromatic N) is 2. The van der Waals surface area contributed by atoms with E-state index in [4.69, 9.17) is 0 Å². The number of anilines is 1. The van der Waals surface area contributed by atoms with Crippen LogP contribution in [-0.4, -0.2) is 24.0 Å². The summed E-state index contributed by atoms with van der Waals surface area (Å²) in [6, 6.07) is 50.8. The molecule has 15 rings (SSSR count). The van der Waals surface area contributed by atoms with Gasteiger partial charge in [0.15, 0.2) is 0 Å². The van der Waals surface area contributed by atoms with Crippen LogP contribution < -0.4 is 4.90 Å². The standard InChI is InChI=1S/C47H43N2/c1-3-7-38(8-4-1)44-29-34-11-13-36-17-21-42(25-23-40(44)19-15-34)46(31-36)48-27-28-49(33-48)47-32-37-14-12-35-16-20-41(24-26-43(47)22-18-37)45(30-35)39-9-5-2-6-10-39/h1-10,15-22,29-33H,11-14,23-28H2/q+1. The van der Waals surface area contributed by atoms with E-state index < -0.39 is 0 Å². The fourth-order valence-corrected chi connectivity index (χ4v) is 8.24. The molecule has 8 aliphatic carbocycles. The van der Waals surface area contributed by atoms with Crippen molar-refractivity contribution in [3.8, 4) is 22.3 Å². The van der Waals surface area contributed by atoms with E-state index in [2.05, 4.69) is 149 Å². The minimum Gasteiger partial charge on any atom is -0.229 e. The molecular formula is C47H43N2+. The fraction of sp³-hybridized carbons (Fsp3) is 0.213. The Labute approximate surface area is 291 Å². The summed E-state index contributed by atoms with van der Waals surface area (Å²) < 4.78 is 2.54. The summed E-state index contributed by atoms with van der Waals surface area (Å²) in [6.07, 6.45) is 10.8. The van der Waals surface area contributed by atoms with Crippen LogP contribution in [0.4, 0.5) is 11.4 Å². The van der Waals surface area contributed by atoms with Gasteiger partial charge >= 0.3 is 0 Å². The van der Waals surface area contributed by atoms with Gasteiger partial charge < -0.3 is 0 Å². The highest BCUT2D eigenvalue weighted by Crippen LogP contribution is 2.34. The maximum atomic E-state index is 2.54. The average Bonchev–Trinajstić information content (AvgIpc) is 3.64. The summed E-state index contributed by atoms with van der Waals surface area (Å²) in [5, 5.41) is 0. The first kappa shape index (κ1) is 29.9. The van der Waals surface area contributed by atoms with E-state index in [0.717, 1.165) is 64.5 Å². The molecule has 0 fully saturated rings. The van der Waals surface area contributed by atoms with Crippen LogP contribution in [0.25, 0.3) is 22.3 Å². The van der Waals surface area contributed by atoms with Gasteiger partial charge in [-0.25, -0.2) is 9.48 Å². The van der Waals surface area contributed by atoms with Gasteiger partial charge in [0.05, 0.1) is 0 Å². The molecule has 6 aromatic carbocycles. The van der Waals surface area contributed by atoms with Crippen LogP contribution in [0.5, 0.6) is 0 Å². The monoisotopic (exact) mass is 635 g/mol. The summed E-state index contributed by atoms with van der Waals surface area (Å²) in [4.78, 5) is 2.54. The first-order valence-corrected chi connectivity index (χ1v) is 18.2. The van der Waals surface area contributed by atoms with E-state index in [9.17, 15) is 0 Å². The molecule has 9 aliphatic rings. The minimum atomic E-state index is 1.00. The third-order valence-corrected chi connectivity index (χ3v) is 11.0. The predicted octanol–water partition coefficient (Wildman–Crippen LogP) is 9.98. The highest BCUT2D eigenvalue weighted by atomic mass is 15.3. The Morgan fingerprint density at radius 1 is 0.408 bits per heavy atom. The molecule has 2 heteroatoms. The molecule has 0 unspecified atom stereocenters. The molecule has 1 aliphatic heterocycles. The van der Waals surface area contributed by atoms with Crippen LogP contribution in [0.2, 0.25) is 0 Å². The molecule has 8 bridgehead atoms. The first-order chi connectivity index (χ1) is 24.2. The van der Waals surface area contributed by atoms with E-state index >= 15 is 0 Å². The van der Waals surface area contributed by atoms with Crippen molar-refractivity contribution in [3.05, 3.63) is 178 Å². The smallest absolute Gasteiger partial charge is 0.229 e. The second kappa shape index (κ2) is 13.0. The number of rotatable bonds is 4.